The van der Waals surface area contributed by atoms with Crippen LogP contribution < -0.4 is 5.56 Å². The molecule has 1 aromatic carbocycles. The highest BCUT2D eigenvalue weighted by Gasteiger charge is 2.09. The maximum absolute atomic E-state index is 11.5. The van der Waals surface area contributed by atoms with Gasteiger partial charge < -0.3 is 5.11 Å². The fourth-order valence-electron chi connectivity index (χ4n) is 1.93. The van der Waals surface area contributed by atoms with Gasteiger partial charge in [0.2, 0.25) is 0 Å². The molecule has 1 aromatic heterocycles. The van der Waals surface area contributed by atoms with Gasteiger partial charge in [-0.1, -0.05) is 38.1 Å². The molecule has 5 nitrogen and oxygen atoms in total. The second kappa shape index (κ2) is 5.69. The monoisotopic (exact) mass is 272 g/mol. The molecule has 2 rings (SSSR count). The predicted octanol–water partition coefficient (Wildman–Crippen LogP) is 2.19. The van der Waals surface area contributed by atoms with E-state index in [0.29, 0.717) is 11.6 Å². The van der Waals surface area contributed by atoms with Crippen molar-refractivity contribution in [1.82, 2.24) is 10.2 Å². The molecular formula is C15H16N2O3. The lowest BCUT2D eigenvalue weighted by molar-refractivity contribution is -0.136. The van der Waals surface area contributed by atoms with Gasteiger partial charge in [-0.2, -0.15) is 5.10 Å². The highest BCUT2D eigenvalue weighted by molar-refractivity contribution is 5.71. The highest BCUT2D eigenvalue weighted by Crippen LogP contribution is 2.20. The Kier molecular flexibility index (Phi) is 3.98. The van der Waals surface area contributed by atoms with E-state index in [1.807, 2.05) is 24.3 Å². The number of benzene rings is 1. The molecule has 0 spiro atoms. The van der Waals surface area contributed by atoms with Crippen LogP contribution >= 0.6 is 0 Å². The number of hydrogen-bond donors (Lipinski definition) is 2. The lowest BCUT2D eigenvalue weighted by atomic mass is 10.0. The van der Waals surface area contributed by atoms with Crippen molar-refractivity contribution in [2.45, 2.75) is 26.2 Å². The molecule has 0 aliphatic rings. The second-order valence-corrected chi connectivity index (χ2v) is 4.95. The number of carboxylic acids is 1. The molecule has 0 amide bonds. The number of aromatic amines is 1. The number of hydrogen-bond acceptors (Lipinski definition) is 3. The number of aromatic nitrogens is 2. The Morgan fingerprint density at radius 3 is 2.50 bits per heavy atom. The molecule has 0 fully saturated rings. The van der Waals surface area contributed by atoms with Crippen molar-refractivity contribution in [3.8, 4) is 11.3 Å². The third kappa shape index (κ3) is 3.12. The minimum atomic E-state index is -1.04. The Bertz CT molecular complexity index is 672. The molecule has 0 atom stereocenters. The molecule has 0 bridgehead atoms. The molecular weight excluding hydrogens is 256 g/mol. The van der Waals surface area contributed by atoms with Crippen molar-refractivity contribution in [3.63, 3.8) is 0 Å². The zero-order valence-corrected chi connectivity index (χ0v) is 11.4. The quantitative estimate of drug-likeness (QED) is 0.893. The van der Waals surface area contributed by atoms with Crippen LogP contribution in [0.5, 0.6) is 0 Å². The van der Waals surface area contributed by atoms with Gasteiger partial charge in [0.25, 0.3) is 5.56 Å². The fraction of sp³-hybridized carbons (Fsp3) is 0.267. The number of rotatable bonds is 4. The van der Waals surface area contributed by atoms with E-state index in [1.165, 1.54) is 11.6 Å². The molecule has 0 saturated carbocycles. The van der Waals surface area contributed by atoms with Gasteiger partial charge >= 0.3 is 5.97 Å². The summed E-state index contributed by atoms with van der Waals surface area (Å²) in [5, 5.41) is 15.1. The van der Waals surface area contributed by atoms with E-state index in [0.717, 1.165) is 5.56 Å². The number of carbonyl (C=O) groups is 1. The fourth-order valence-corrected chi connectivity index (χ4v) is 1.93. The van der Waals surface area contributed by atoms with Gasteiger partial charge in [-0.25, -0.2) is 5.10 Å². The number of carboxylic acid groups (broad SMARTS) is 1. The normalized spacial score (nSPS) is 10.8. The lowest BCUT2D eigenvalue weighted by Crippen LogP contribution is -2.17. The summed E-state index contributed by atoms with van der Waals surface area (Å²) >= 11 is 0. The van der Waals surface area contributed by atoms with Crippen LogP contribution in [0.1, 0.15) is 30.9 Å². The molecule has 20 heavy (non-hydrogen) atoms. The van der Waals surface area contributed by atoms with Crippen LogP contribution in [0.4, 0.5) is 0 Å². The number of aliphatic carboxylic acids is 1. The van der Waals surface area contributed by atoms with Crippen LogP contribution in [0.15, 0.2) is 35.1 Å². The van der Waals surface area contributed by atoms with E-state index >= 15 is 0 Å². The van der Waals surface area contributed by atoms with Crippen molar-refractivity contribution >= 4 is 5.97 Å². The van der Waals surface area contributed by atoms with Crippen molar-refractivity contribution in [3.05, 3.63) is 51.8 Å². The van der Waals surface area contributed by atoms with E-state index in [9.17, 15) is 9.59 Å². The summed E-state index contributed by atoms with van der Waals surface area (Å²) in [4.78, 5) is 22.2. The number of nitrogens with zero attached hydrogens (tertiary/aromatic N) is 1. The first kappa shape index (κ1) is 14.0. The summed E-state index contributed by atoms with van der Waals surface area (Å²) in [7, 11) is 0. The van der Waals surface area contributed by atoms with Gasteiger partial charge in [-0.15, -0.1) is 0 Å². The van der Waals surface area contributed by atoms with Crippen LogP contribution in [0, 0.1) is 0 Å². The molecule has 104 valence electrons. The molecule has 0 aliphatic heterocycles. The van der Waals surface area contributed by atoms with E-state index in [4.69, 9.17) is 5.11 Å². The maximum atomic E-state index is 11.5. The SMILES string of the molecule is CC(C)c1ccc(-c2cc(CC(=O)O)c(=O)[nH]n2)cc1. The molecule has 5 heteroatoms. The molecule has 0 unspecified atom stereocenters. The Morgan fingerprint density at radius 1 is 1.30 bits per heavy atom. The minimum Gasteiger partial charge on any atom is -0.481 e. The van der Waals surface area contributed by atoms with Crippen LogP contribution in [0.3, 0.4) is 0 Å². The molecule has 0 saturated heterocycles. The Morgan fingerprint density at radius 2 is 1.95 bits per heavy atom. The molecule has 0 aliphatic carbocycles. The van der Waals surface area contributed by atoms with Gasteiger partial charge in [0.05, 0.1) is 12.1 Å². The van der Waals surface area contributed by atoms with E-state index < -0.39 is 11.5 Å². The third-order valence-corrected chi connectivity index (χ3v) is 3.10. The molecule has 0 radical (unpaired) electrons. The van der Waals surface area contributed by atoms with Crippen LogP contribution in [0.2, 0.25) is 0 Å². The first-order valence-corrected chi connectivity index (χ1v) is 6.38. The molecule has 2 N–H and O–H groups in total. The predicted molar refractivity (Wildman–Crippen MR) is 75.7 cm³/mol. The van der Waals surface area contributed by atoms with Gasteiger partial charge in [-0.05, 0) is 17.5 Å². The zero-order chi connectivity index (χ0) is 14.7. The van der Waals surface area contributed by atoms with Crippen molar-refractivity contribution < 1.29 is 9.90 Å². The summed E-state index contributed by atoms with van der Waals surface area (Å²) < 4.78 is 0. The first-order valence-electron chi connectivity index (χ1n) is 6.38. The van der Waals surface area contributed by atoms with Gasteiger partial charge in [-0.3, -0.25) is 9.59 Å². The van der Waals surface area contributed by atoms with Crippen molar-refractivity contribution in [2.75, 3.05) is 0 Å². The number of H-pyrrole nitrogens is 1. The highest BCUT2D eigenvalue weighted by atomic mass is 16.4. The largest absolute Gasteiger partial charge is 0.481 e. The molecule has 1 heterocycles. The average molecular weight is 272 g/mol. The first-order chi connectivity index (χ1) is 9.47. The summed E-state index contributed by atoms with van der Waals surface area (Å²) in [6, 6.07) is 9.37. The van der Waals surface area contributed by atoms with Gasteiger partial charge in [0.15, 0.2) is 0 Å². The average Bonchev–Trinajstić information content (AvgIpc) is 2.41. The Hall–Kier alpha value is -2.43. The summed E-state index contributed by atoms with van der Waals surface area (Å²) in [5.41, 5.74) is 2.36. The van der Waals surface area contributed by atoms with E-state index in [1.54, 1.807) is 0 Å². The second-order valence-electron chi connectivity index (χ2n) is 4.95. The van der Waals surface area contributed by atoms with E-state index in [-0.39, 0.29) is 12.0 Å². The summed E-state index contributed by atoms with van der Waals surface area (Å²) in [5.74, 6) is -0.599. The Balaban J connectivity index is 2.37. The maximum Gasteiger partial charge on any atom is 0.308 e. The van der Waals surface area contributed by atoms with E-state index in [2.05, 4.69) is 24.0 Å². The topological polar surface area (TPSA) is 83.0 Å². The summed E-state index contributed by atoms with van der Waals surface area (Å²) in [6.45, 7) is 4.22. The van der Waals surface area contributed by atoms with Crippen LogP contribution in [-0.2, 0) is 11.2 Å². The van der Waals surface area contributed by atoms with Crippen molar-refractivity contribution in [1.29, 1.82) is 0 Å². The molecule has 2 aromatic rings. The zero-order valence-electron chi connectivity index (χ0n) is 11.4. The minimum absolute atomic E-state index is 0.204. The van der Waals surface area contributed by atoms with Gasteiger partial charge in [0.1, 0.15) is 0 Å². The number of nitrogens with one attached hydrogen (secondary N) is 1. The van der Waals surface area contributed by atoms with Crippen molar-refractivity contribution in [2.24, 2.45) is 0 Å². The lowest BCUT2D eigenvalue weighted by Gasteiger charge is -2.07. The smallest absolute Gasteiger partial charge is 0.308 e. The third-order valence-electron chi connectivity index (χ3n) is 3.10. The Labute approximate surface area is 116 Å². The standard InChI is InChI=1S/C15H16N2O3/c1-9(2)10-3-5-11(6-4-10)13-7-12(8-14(18)19)15(20)17-16-13/h3-7,9H,8H2,1-2H3,(H,17,20)(H,18,19). The summed E-state index contributed by atoms with van der Waals surface area (Å²) in [6.07, 6.45) is -0.311. The van der Waals surface area contributed by atoms with Gasteiger partial charge in [0, 0.05) is 11.1 Å². The van der Waals surface area contributed by atoms with Crippen LogP contribution in [-0.4, -0.2) is 21.3 Å². The van der Waals surface area contributed by atoms with Crippen LogP contribution in [0.25, 0.3) is 11.3 Å².